The van der Waals surface area contributed by atoms with Gasteiger partial charge >= 0.3 is 6.01 Å². The molecule has 0 fully saturated rings. The van der Waals surface area contributed by atoms with Gasteiger partial charge in [-0.3, -0.25) is 0 Å². The van der Waals surface area contributed by atoms with Crippen molar-refractivity contribution in [3.8, 4) is 6.01 Å². The van der Waals surface area contributed by atoms with Crippen LogP contribution in [0.25, 0.3) is 17.0 Å². The van der Waals surface area contributed by atoms with Crippen molar-refractivity contribution in [3.63, 3.8) is 0 Å². The van der Waals surface area contributed by atoms with Crippen molar-refractivity contribution >= 4 is 11.0 Å². The lowest BCUT2D eigenvalue weighted by atomic mass is 10.3. The molecule has 1 N–H and O–H groups in total. The third kappa shape index (κ3) is 2.00. The molecule has 0 unspecified atom stereocenters. The molecule has 0 aliphatic carbocycles. The molecule has 3 rings (SSSR count). The lowest BCUT2D eigenvalue weighted by Crippen LogP contribution is -2.11. The van der Waals surface area contributed by atoms with Crippen molar-refractivity contribution in [2.24, 2.45) is 0 Å². The zero-order valence-electron chi connectivity index (χ0n) is 10.9. The Labute approximate surface area is 110 Å². The number of nitrogens with one attached hydrogen (secondary N) is 1. The standard InChI is InChI=1S/C13H15N5O/c1-3-12-16-17-13(19-12)18-10-7-5-4-6-9(10)15-11(18)8-14-2/h4-7,14H,3,8H2,1-2H3. The molecule has 0 aliphatic heterocycles. The van der Waals surface area contributed by atoms with E-state index in [2.05, 4.69) is 20.5 Å². The van der Waals surface area contributed by atoms with Gasteiger partial charge in [0.15, 0.2) is 0 Å². The van der Waals surface area contributed by atoms with E-state index >= 15 is 0 Å². The van der Waals surface area contributed by atoms with E-state index in [1.165, 1.54) is 0 Å². The quantitative estimate of drug-likeness (QED) is 0.770. The van der Waals surface area contributed by atoms with Gasteiger partial charge in [-0.2, -0.15) is 0 Å². The molecular formula is C13H15N5O. The van der Waals surface area contributed by atoms with Crippen LogP contribution in [0, 0.1) is 0 Å². The molecule has 0 atom stereocenters. The van der Waals surface area contributed by atoms with Gasteiger partial charge in [0.2, 0.25) is 5.89 Å². The summed E-state index contributed by atoms with van der Waals surface area (Å²) < 4.78 is 7.55. The lowest BCUT2D eigenvalue weighted by molar-refractivity contribution is 0.477. The third-order valence-electron chi connectivity index (χ3n) is 2.92. The molecule has 6 nitrogen and oxygen atoms in total. The lowest BCUT2D eigenvalue weighted by Gasteiger charge is -2.02. The third-order valence-corrected chi connectivity index (χ3v) is 2.92. The topological polar surface area (TPSA) is 68.8 Å². The predicted molar refractivity (Wildman–Crippen MR) is 71.1 cm³/mol. The van der Waals surface area contributed by atoms with Gasteiger partial charge in [-0.25, -0.2) is 9.55 Å². The van der Waals surface area contributed by atoms with Crippen molar-refractivity contribution in [1.82, 2.24) is 25.1 Å². The summed E-state index contributed by atoms with van der Waals surface area (Å²) >= 11 is 0. The molecule has 19 heavy (non-hydrogen) atoms. The number of imidazole rings is 1. The minimum Gasteiger partial charge on any atom is -0.407 e. The Morgan fingerprint density at radius 1 is 1.26 bits per heavy atom. The molecule has 0 amide bonds. The maximum Gasteiger partial charge on any atom is 0.328 e. The zero-order valence-corrected chi connectivity index (χ0v) is 10.9. The first-order chi connectivity index (χ1) is 9.33. The average molecular weight is 257 g/mol. The van der Waals surface area contributed by atoms with Gasteiger partial charge in [0.1, 0.15) is 5.82 Å². The molecule has 0 saturated carbocycles. The molecule has 0 aliphatic rings. The van der Waals surface area contributed by atoms with Crippen LogP contribution in [-0.4, -0.2) is 26.8 Å². The van der Waals surface area contributed by atoms with Crippen LogP contribution in [0.3, 0.4) is 0 Å². The number of hydrogen-bond donors (Lipinski definition) is 1. The summed E-state index contributed by atoms with van der Waals surface area (Å²) in [6.07, 6.45) is 0.723. The van der Waals surface area contributed by atoms with E-state index in [4.69, 9.17) is 4.42 Å². The molecule has 0 saturated heterocycles. The molecule has 2 heterocycles. The number of para-hydroxylation sites is 2. The summed E-state index contributed by atoms with van der Waals surface area (Å²) in [5.41, 5.74) is 1.89. The smallest absolute Gasteiger partial charge is 0.328 e. The summed E-state index contributed by atoms with van der Waals surface area (Å²) in [6.45, 7) is 2.62. The summed E-state index contributed by atoms with van der Waals surface area (Å²) in [5, 5.41) is 11.2. The Kier molecular flexibility index (Phi) is 3.00. The first kappa shape index (κ1) is 11.9. The van der Waals surface area contributed by atoms with Crippen LogP contribution in [0.5, 0.6) is 0 Å². The van der Waals surface area contributed by atoms with E-state index in [1.54, 1.807) is 0 Å². The molecule has 0 bridgehead atoms. The summed E-state index contributed by atoms with van der Waals surface area (Å²) in [7, 11) is 1.88. The van der Waals surface area contributed by atoms with Gasteiger partial charge in [0, 0.05) is 6.42 Å². The predicted octanol–water partition coefficient (Wildman–Crippen LogP) is 1.69. The van der Waals surface area contributed by atoms with Gasteiger partial charge in [0.05, 0.1) is 17.6 Å². The average Bonchev–Trinajstić information content (AvgIpc) is 3.02. The number of rotatable bonds is 4. The van der Waals surface area contributed by atoms with Crippen LogP contribution in [-0.2, 0) is 13.0 Å². The highest BCUT2D eigenvalue weighted by atomic mass is 16.4. The second-order valence-corrected chi connectivity index (χ2v) is 4.21. The largest absolute Gasteiger partial charge is 0.407 e. The number of aromatic nitrogens is 4. The maximum absolute atomic E-state index is 5.65. The SMILES string of the molecule is CCc1nnc(-n2c(CNC)nc3ccccc32)o1. The fourth-order valence-electron chi connectivity index (χ4n) is 2.04. The fraction of sp³-hybridized carbons (Fsp3) is 0.308. The second-order valence-electron chi connectivity index (χ2n) is 4.21. The van der Waals surface area contributed by atoms with Crippen molar-refractivity contribution in [2.45, 2.75) is 19.9 Å². The second kappa shape index (κ2) is 4.81. The van der Waals surface area contributed by atoms with Gasteiger partial charge in [-0.15, -0.1) is 5.10 Å². The van der Waals surface area contributed by atoms with Crippen molar-refractivity contribution in [3.05, 3.63) is 36.0 Å². The highest BCUT2D eigenvalue weighted by Gasteiger charge is 2.16. The molecule has 2 aromatic heterocycles. The number of aryl methyl sites for hydroxylation is 1. The molecular weight excluding hydrogens is 242 g/mol. The first-order valence-corrected chi connectivity index (χ1v) is 6.27. The zero-order chi connectivity index (χ0) is 13.2. The molecule has 98 valence electrons. The van der Waals surface area contributed by atoms with Gasteiger partial charge in [-0.05, 0) is 19.2 Å². The minimum absolute atomic E-state index is 0.468. The van der Waals surface area contributed by atoms with Gasteiger partial charge in [-0.1, -0.05) is 24.2 Å². The van der Waals surface area contributed by atoms with Crippen molar-refractivity contribution in [2.75, 3.05) is 7.05 Å². The van der Waals surface area contributed by atoms with Gasteiger partial charge in [0.25, 0.3) is 0 Å². The Hall–Kier alpha value is -2.21. The summed E-state index contributed by atoms with van der Waals surface area (Å²) in [4.78, 5) is 4.59. The van der Waals surface area contributed by atoms with Crippen molar-refractivity contribution in [1.29, 1.82) is 0 Å². The van der Waals surface area contributed by atoms with E-state index in [-0.39, 0.29) is 0 Å². The van der Waals surface area contributed by atoms with E-state index < -0.39 is 0 Å². The Balaban J connectivity index is 2.21. The summed E-state index contributed by atoms with van der Waals surface area (Å²) in [6, 6.07) is 8.38. The highest BCUT2D eigenvalue weighted by molar-refractivity contribution is 5.77. The number of benzene rings is 1. The highest BCUT2D eigenvalue weighted by Crippen LogP contribution is 2.20. The number of nitrogens with zero attached hydrogens (tertiary/aromatic N) is 4. The fourth-order valence-corrected chi connectivity index (χ4v) is 2.04. The van der Waals surface area contributed by atoms with Crippen LogP contribution >= 0.6 is 0 Å². The monoisotopic (exact) mass is 257 g/mol. The van der Waals surface area contributed by atoms with E-state index in [9.17, 15) is 0 Å². The molecule has 0 spiro atoms. The molecule has 6 heteroatoms. The summed E-state index contributed by atoms with van der Waals surface area (Å²) in [5.74, 6) is 1.48. The van der Waals surface area contributed by atoms with E-state index in [1.807, 2.05) is 42.8 Å². The van der Waals surface area contributed by atoms with Crippen LogP contribution < -0.4 is 5.32 Å². The first-order valence-electron chi connectivity index (χ1n) is 6.27. The number of hydrogen-bond acceptors (Lipinski definition) is 5. The van der Waals surface area contributed by atoms with Crippen LogP contribution in [0.2, 0.25) is 0 Å². The van der Waals surface area contributed by atoms with Crippen LogP contribution in [0.15, 0.2) is 28.7 Å². The van der Waals surface area contributed by atoms with Gasteiger partial charge < -0.3 is 9.73 Å². The Morgan fingerprint density at radius 3 is 2.84 bits per heavy atom. The minimum atomic E-state index is 0.468. The molecule has 1 aromatic carbocycles. The Bertz CT molecular complexity index is 700. The van der Waals surface area contributed by atoms with E-state index in [0.29, 0.717) is 18.5 Å². The molecule has 0 radical (unpaired) electrons. The van der Waals surface area contributed by atoms with Crippen molar-refractivity contribution < 1.29 is 4.42 Å². The maximum atomic E-state index is 5.65. The normalized spacial score (nSPS) is 11.3. The van der Waals surface area contributed by atoms with Crippen LogP contribution in [0.4, 0.5) is 0 Å². The molecule has 3 aromatic rings. The van der Waals surface area contributed by atoms with Crippen LogP contribution in [0.1, 0.15) is 18.6 Å². The number of fused-ring (bicyclic) bond motifs is 1. The Morgan fingerprint density at radius 2 is 2.11 bits per heavy atom. The van der Waals surface area contributed by atoms with E-state index in [0.717, 1.165) is 23.3 Å².